The molecule has 0 saturated carbocycles. The van der Waals surface area contributed by atoms with Gasteiger partial charge in [0.25, 0.3) is 0 Å². The summed E-state index contributed by atoms with van der Waals surface area (Å²) >= 11 is 0. The number of hydrogen-bond acceptors (Lipinski definition) is 3. The topological polar surface area (TPSA) is 50.4 Å². The quantitative estimate of drug-likeness (QED) is 0.634. The van der Waals surface area contributed by atoms with Crippen LogP contribution in [0.4, 0.5) is 0 Å². The lowest BCUT2D eigenvalue weighted by molar-refractivity contribution is -0.127. The second-order valence-electron chi connectivity index (χ2n) is 3.93. The summed E-state index contributed by atoms with van der Waals surface area (Å²) in [6, 6.07) is 0. The van der Waals surface area contributed by atoms with E-state index in [-0.39, 0.29) is 11.8 Å². The van der Waals surface area contributed by atoms with Crippen LogP contribution in [0.5, 0.6) is 0 Å². The first-order valence-corrected chi connectivity index (χ1v) is 5.90. The van der Waals surface area contributed by atoms with Gasteiger partial charge in [-0.3, -0.25) is 4.79 Å². The van der Waals surface area contributed by atoms with Crippen LogP contribution in [0.25, 0.3) is 0 Å². The highest BCUT2D eigenvalue weighted by Gasteiger charge is 2.20. The number of carbonyl (C=O) groups excluding carboxylic acids is 1. The van der Waals surface area contributed by atoms with Crippen LogP contribution in [0.2, 0.25) is 0 Å². The largest absolute Gasteiger partial charge is 0.381 e. The molecule has 1 heterocycles. The molecule has 0 aromatic heterocycles. The van der Waals surface area contributed by atoms with Crippen molar-refractivity contribution >= 4 is 5.91 Å². The summed E-state index contributed by atoms with van der Waals surface area (Å²) in [5.41, 5.74) is 0. The van der Waals surface area contributed by atoms with Gasteiger partial charge in [-0.2, -0.15) is 0 Å². The van der Waals surface area contributed by atoms with Gasteiger partial charge in [-0.05, 0) is 25.8 Å². The van der Waals surface area contributed by atoms with Crippen molar-refractivity contribution in [3.63, 3.8) is 0 Å². The molecule has 0 atom stereocenters. The maximum absolute atomic E-state index is 11.6. The van der Waals surface area contributed by atoms with E-state index in [1.165, 1.54) is 0 Å². The lowest BCUT2D eigenvalue weighted by atomic mass is 9.99. The number of carbonyl (C=O) groups is 1. The van der Waals surface area contributed by atoms with Gasteiger partial charge in [0.15, 0.2) is 0 Å². The molecule has 0 bridgehead atoms. The van der Waals surface area contributed by atoms with Gasteiger partial charge in [0.2, 0.25) is 5.91 Å². The first kappa shape index (κ1) is 12.5. The molecule has 1 rings (SSSR count). The SMILES string of the molecule is CCCNCCNC(=O)C1CCOCC1. The Balaban J connectivity index is 2.02. The molecular formula is C11H22N2O2. The van der Waals surface area contributed by atoms with Gasteiger partial charge in [-0.1, -0.05) is 6.92 Å². The van der Waals surface area contributed by atoms with Crippen LogP contribution in [-0.2, 0) is 9.53 Å². The lowest BCUT2D eigenvalue weighted by Crippen LogP contribution is -2.38. The van der Waals surface area contributed by atoms with Crippen LogP contribution in [0.15, 0.2) is 0 Å². The van der Waals surface area contributed by atoms with E-state index in [9.17, 15) is 4.79 Å². The molecule has 0 aromatic carbocycles. The third-order valence-electron chi connectivity index (χ3n) is 2.62. The predicted molar refractivity (Wildman–Crippen MR) is 59.7 cm³/mol. The van der Waals surface area contributed by atoms with E-state index in [2.05, 4.69) is 17.6 Å². The zero-order valence-electron chi connectivity index (χ0n) is 9.55. The highest BCUT2D eigenvalue weighted by Crippen LogP contribution is 2.14. The maximum atomic E-state index is 11.6. The zero-order valence-corrected chi connectivity index (χ0v) is 9.55. The smallest absolute Gasteiger partial charge is 0.223 e. The minimum Gasteiger partial charge on any atom is -0.381 e. The normalized spacial score (nSPS) is 17.7. The third-order valence-corrected chi connectivity index (χ3v) is 2.62. The highest BCUT2D eigenvalue weighted by atomic mass is 16.5. The summed E-state index contributed by atoms with van der Waals surface area (Å²) in [5, 5.41) is 6.21. The van der Waals surface area contributed by atoms with Gasteiger partial charge >= 0.3 is 0 Å². The molecule has 0 aliphatic carbocycles. The molecule has 4 heteroatoms. The standard InChI is InChI=1S/C11H22N2O2/c1-2-5-12-6-7-13-11(14)10-3-8-15-9-4-10/h10,12H,2-9H2,1H3,(H,13,14). The van der Waals surface area contributed by atoms with Crippen molar-refractivity contribution in [1.82, 2.24) is 10.6 Å². The molecule has 1 aliphatic heterocycles. The lowest BCUT2D eigenvalue weighted by Gasteiger charge is -2.21. The monoisotopic (exact) mass is 214 g/mol. The van der Waals surface area contributed by atoms with E-state index in [0.29, 0.717) is 0 Å². The van der Waals surface area contributed by atoms with E-state index in [0.717, 1.165) is 52.1 Å². The number of rotatable bonds is 6. The number of ether oxygens (including phenoxy) is 1. The van der Waals surface area contributed by atoms with Crippen molar-refractivity contribution in [3.8, 4) is 0 Å². The number of amides is 1. The van der Waals surface area contributed by atoms with Gasteiger partial charge in [-0.25, -0.2) is 0 Å². The van der Waals surface area contributed by atoms with Crippen molar-refractivity contribution in [3.05, 3.63) is 0 Å². The molecule has 0 aromatic rings. The van der Waals surface area contributed by atoms with Crippen LogP contribution in [0, 0.1) is 5.92 Å². The summed E-state index contributed by atoms with van der Waals surface area (Å²) in [6.45, 7) is 6.21. The fourth-order valence-electron chi connectivity index (χ4n) is 1.68. The Morgan fingerprint density at radius 3 is 2.67 bits per heavy atom. The van der Waals surface area contributed by atoms with Crippen LogP contribution in [-0.4, -0.2) is 38.8 Å². The van der Waals surface area contributed by atoms with Crippen molar-refractivity contribution in [2.24, 2.45) is 5.92 Å². The second kappa shape index (κ2) is 7.65. The van der Waals surface area contributed by atoms with E-state index in [1.807, 2.05) is 0 Å². The molecule has 1 fully saturated rings. The molecule has 4 nitrogen and oxygen atoms in total. The molecule has 1 aliphatic rings. The minimum absolute atomic E-state index is 0.171. The summed E-state index contributed by atoms with van der Waals surface area (Å²) in [7, 11) is 0. The van der Waals surface area contributed by atoms with E-state index in [1.54, 1.807) is 0 Å². The number of hydrogen-bond donors (Lipinski definition) is 2. The molecular weight excluding hydrogens is 192 g/mol. The van der Waals surface area contributed by atoms with Crippen molar-refractivity contribution < 1.29 is 9.53 Å². The molecule has 88 valence electrons. The molecule has 0 radical (unpaired) electrons. The average molecular weight is 214 g/mol. The first-order valence-electron chi connectivity index (χ1n) is 5.90. The summed E-state index contributed by atoms with van der Waals surface area (Å²) in [5.74, 6) is 0.363. The summed E-state index contributed by atoms with van der Waals surface area (Å²) < 4.78 is 5.22. The first-order chi connectivity index (χ1) is 7.34. The van der Waals surface area contributed by atoms with Gasteiger partial charge < -0.3 is 15.4 Å². The average Bonchev–Trinajstić information content (AvgIpc) is 2.30. The van der Waals surface area contributed by atoms with Gasteiger partial charge in [0.05, 0.1) is 0 Å². The predicted octanol–water partition coefficient (Wildman–Crippen LogP) is 0.529. The second-order valence-corrected chi connectivity index (χ2v) is 3.93. The summed E-state index contributed by atoms with van der Waals surface area (Å²) in [6.07, 6.45) is 2.87. The number of nitrogens with one attached hydrogen (secondary N) is 2. The molecule has 15 heavy (non-hydrogen) atoms. The van der Waals surface area contributed by atoms with Crippen LogP contribution >= 0.6 is 0 Å². The molecule has 0 unspecified atom stereocenters. The Bertz CT molecular complexity index is 179. The summed E-state index contributed by atoms with van der Waals surface area (Å²) in [4.78, 5) is 11.6. The van der Waals surface area contributed by atoms with E-state index < -0.39 is 0 Å². The Labute approximate surface area is 91.8 Å². The van der Waals surface area contributed by atoms with Gasteiger partial charge in [0.1, 0.15) is 0 Å². The van der Waals surface area contributed by atoms with Crippen LogP contribution < -0.4 is 10.6 Å². The van der Waals surface area contributed by atoms with Crippen molar-refractivity contribution in [2.75, 3.05) is 32.8 Å². The maximum Gasteiger partial charge on any atom is 0.223 e. The fourth-order valence-corrected chi connectivity index (χ4v) is 1.68. The van der Waals surface area contributed by atoms with Crippen LogP contribution in [0.3, 0.4) is 0 Å². The van der Waals surface area contributed by atoms with E-state index in [4.69, 9.17) is 4.74 Å². The van der Waals surface area contributed by atoms with Crippen molar-refractivity contribution in [1.29, 1.82) is 0 Å². The van der Waals surface area contributed by atoms with Crippen molar-refractivity contribution in [2.45, 2.75) is 26.2 Å². The fraction of sp³-hybridized carbons (Fsp3) is 0.909. The Morgan fingerprint density at radius 1 is 1.27 bits per heavy atom. The molecule has 0 spiro atoms. The highest BCUT2D eigenvalue weighted by molar-refractivity contribution is 5.78. The molecule has 1 amide bonds. The van der Waals surface area contributed by atoms with Crippen LogP contribution in [0.1, 0.15) is 26.2 Å². The van der Waals surface area contributed by atoms with Gasteiger partial charge in [0, 0.05) is 32.2 Å². The third kappa shape index (κ3) is 5.14. The molecule has 1 saturated heterocycles. The Hall–Kier alpha value is -0.610. The van der Waals surface area contributed by atoms with E-state index >= 15 is 0 Å². The minimum atomic E-state index is 0.171. The Morgan fingerprint density at radius 2 is 2.00 bits per heavy atom. The van der Waals surface area contributed by atoms with Gasteiger partial charge in [-0.15, -0.1) is 0 Å². The zero-order chi connectivity index (χ0) is 10.9. The Kier molecular flexibility index (Phi) is 6.36. The molecule has 2 N–H and O–H groups in total.